The first-order chi connectivity index (χ1) is 13.1. The summed E-state index contributed by atoms with van der Waals surface area (Å²) in [5, 5.41) is 0. The fourth-order valence-corrected chi connectivity index (χ4v) is 3.72. The van der Waals surface area contributed by atoms with Gasteiger partial charge in [0.05, 0.1) is 24.4 Å². The van der Waals surface area contributed by atoms with Crippen molar-refractivity contribution in [1.29, 1.82) is 0 Å². The molecule has 166 valence electrons. The molecule has 0 amide bonds. The standard InChI is InChI=1S/C22H46N4O2/c1-21(2,3)27-19-17-25-13-9-23(10-14-25)7-8-24-11-15-26(16-12-24)18-20-28-22(4,5)6/h7-20H2,1-6H3. The molecule has 0 aromatic rings. The lowest BCUT2D eigenvalue weighted by Gasteiger charge is -2.38. The first-order valence-corrected chi connectivity index (χ1v) is 11.3. The van der Waals surface area contributed by atoms with Gasteiger partial charge in [-0.3, -0.25) is 19.6 Å². The Labute approximate surface area is 174 Å². The molecule has 2 fully saturated rings. The summed E-state index contributed by atoms with van der Waals surface area (Å²) in [4.78, 5) is 10.3. The van der Waals surface area contributed by atoms with Crippen molar-refractivity contribution >= 4 is 0 Å². The maximum atomic E-state index is 5.86. The van der Waals surface area contributed by atoms with E-state index in [1.807, 2.05) is 0 Å². The van der Waals surface area contributed by atoms with Crippen molar-refractivity contribution in [2.75, 3.05) is 91.8 Å². The van der Waals surface area contributed by atoms with Crippen molar-refractivity contribution < 1.29 is 9.47 Å². The minimum absolute atomic E-state index is 0.0224. The van der Waals surface area contributed by atoms with E-state index in [0.717, 1.165) is 26.3 Å². The van der Waals surface area contributed by atoms with Crippen LogP contribution in [0, 0.1) is 0 Å². The van der Waals surface area contributed by atoms with Gasteiger partial charge in [0.25, 0.3) is 0 Å². The minimum Gasteiger partial charge on any atom is -0.375 e. The largest absolute Gasteiger partial charge is 0.375 e. The van der Waals surface area contributed by atoms with E-state index in [-0.39, 0.29) is 11.2 Å². The second kappa shape index (κ2) is 11.2. The van der Waals surface area contributed by atoms with Crippen LogP contribution in [0.5, 0.6) is 0 Å². The van der Waals surface area contributed by atoms with Gasteiger partial charge in [-0.1, -0.05) is 0 Å². The van der Waals surface area contributed by atoms with Crippen LogP contribution in [0.15, 0.2) is 0 Å². The van der Waals surface area contributed by atoms with Crippen LogP contribution in [-0.2, 0) is 9.47 Å². The van der Waals surface area contributed by atoms with E-state index in [9.17, 15) is 0 Å². The smallest absolute Gasteiger partial charge is 0.0600 e. The molecule has 0 saturated carbocycles. The van der Waals surface area contributed by atoms with E-state index in [1.165, 1.54) is 65.4 Å². The molecule has 2 heterocycles. The fourth-order valence-electron chi connectivity index (χ4n) is 3.72. The van der Waals surface area contributed by atoms with Gasteiger partial charge < -0.3 is 9.47 Å². The molecule has 0 aliphatic carbocycles. The Morgan fingerprint density at radius 1 is 0.464 bits per heavy atom. The predicted molar refractivity (Wildman–Crippen MR) is 117 cm³/mol. The second-order valence-corrected chi connectivity index (χ2v) is 10.3. The number of nitrogens with zero attached hydrogens (tertiary/aromatic N) is 4. The zero-order valence-corrected chi connectivity index (χ0v) is 19.5. The molecule has 2 saturated heterocycles. The van der Waals surface area contributed by atoms with Gasteiger partial charge in [-0.2, -0.15) is 0 Å². The Hall–Kier alpha value is -0.240. The Kier molecular flexibility index (Phi) is 9.64. The highest BCUT2D eigenvalue weighted by atomic mass is 16.5. The lowest BCUT2D eigenvalue weighted by atomic mass is 10.2. The van der Waals surface area contributed by atoms with Crippen molar-refractivity contribution in [3.8, 4) is 0 Å². The molecule has 0 aromatic heterocycles. The van der Waals surface area contributed by atoms with Crippen LogP contribution in [0.3, 0.4) is 0 Å². The number of hydrogen-bond donors (Lipinski definition) is 0. The molecule has 0 radical (unpaired) electrons. The summed E-state index contributed by atoms with van der Waals surface area (Å²) in [6.07, 6.45) is 0. The van der Waals surface area contributed by atoms with Crippen LogP contribution in [0.25, 0.3) is 0 Å². The summed E-state index contributed by atoms with van der Waals surface area (Å²) in [7, 11) is 0. The van der Waals surface area contributed by atoms with Gasteiger partial charge in [0, 0.05) is 78.5 Å². The van der Waals surface area contributed by atoms with E-state index in [1.54, 1.807) is 0 Å². The van der Waals surface area contributed by atoms with Crippen LogP contribution >= 0.6 is 0 Å². The lowest BCUT2D eigenvalue weighted by Crippen LogP contribution is -2.52. The zero-order valence-electron chi connectivity index (χ0n) is 19.5. The van der Waals surface area contributed by atoms with Gasteiger partial charge >= 0.3 is 0 Å². The summed E-state index contributed by atoms with van der Waals surface area (Å²) in [6.45, 7) is 28.5. The molecule has 2 aliphatic heterocycles. The molecular weight excluding hydrogens is 352 g/mol. The molecule has 0 spiro atoms. The average Bonchev–Trinajstić information content (AvgIpc) is 2.60. The third kappa shape index (κ3) is 10.5. The molecule has 2 rings (SSSR count). The second-order valence-electron chi connectivity index (χ2n) is 10.3. The van der Waals surface area contributed by atoms with E-state index >= 15 is 0 Å². The number of piperazine rings is 2. The molecule has 0 bridgehead atoms. The van der Waals surface area contributed by atoms with Crippen molar-refractivity contribution in [2.24, 2.45) is 0 Å². The zero-order chi connectivity index (χ0) is 20.6. The van der Waals surface area contributed by atoms with Gasteiger partial charge in [0.1, 0.15) is 0 Å². The highest BCUT2D eigenvalue weighted by molar-refractivity contribution is 4.76. The summed E-state index contributed by atoms with van der Waals surface area (Å²) >= 11 is 0. The molecule has 0 unspecified atom stereocenters. The maximum Gasteiger partial charge on any atom is 0.0600 e. The van der Waals surface area contributed by atoms with Crippen molar-refractivity contribution in [1.82, 2.24) is 19.6 Å². The number of rotatable bonds is 9. The molecule has 0 N–H and O–H groups in total. The normalized spacial score (nSPS) is 22.1. The first-order valence-electron chi connectivity index (χ1n) is 11.3. The van der Waals surface area contributed by atoms with E-state index in [2.05, 4.69) is 61.1 Å². The van der Waals surface area contributed by atoms with E-state index in [0.29, 0.717) is 0 Å². The molecule has 0 aromatic carbocycles. The third-order valence-electron chi connectivity index (χ3n) is 5.55. The maximum absolute atomic E-state index is 5.86. The highest BCUT2D eigenvalue weighted by Gasteiger charge is 2.21. The monoisotopic (exact) mass is 398 g/mol. The average molecular weight is 399 g/mol. The number of hydrogen-bond acceptors (Lipinski definition) is 6. The van der Waals surface area contributed by atoms with Crippen LogP contribution < -0.4 is 0 Å². The molecule has 6 nitrogen and oxygen atoms in total. The lowest BCUT2D eigenvalue weighted by molar-refractivity contribution is -0.0202. The van der Waals surface area contributed by atoms with Gasteiger partial charge in [0.15, 0.2) is 0 Å². The molecular formula is C22H46N4O2. The van der Waals surface area contributed by atoms with Crippen LogP contribution in [-0.4, -0.2) is 123 Å². The number of ether oxygens (including phenoxy) is 2. The first kappa shape index (κ1) is 24.0. The minimum atomic E-state index is -0.0224. The Bertz CT molecular complexity index is 377. The van der Waals surface area contributed by atoms with Gasteiger partial charge in [-0.15, -0.1) is 0 Å². The van der Waals surface area contributed by atoms with Gasteiger partial charge in [-0.05, 0) is 41.5 Å². The topological polar surface area (TPSA) is 31.4 Å². The SMILES string of the molecule is CC(C)(C)OCCN1CCN(CCN2CCN(CCOC(C)(C)C)CC2)CC1. The Balaban J connectivity index is 1.50. The van der Waals surface area contributed by atoms with Crippen LogP contribution in [0.1, 0.15) is 41.5 Å². The van der Waals surface area contributed by atoms with Crippen molar-refractivity contribution in [3.63, 3.8) is 0 Å². The van der Waals surface area contributed by atoms with Crippen molar-refractivity contribution in [2.45, 2.75) is 52.7 Å². The van der Waals surface area contributed by atoms with Gasteiger partial charge in [-0.25, -0.2) is 0 Å². The summed E-state index contributed by atoms with van der Waals surface area (Å²) in [6, 6.07) is 0. The van der Waals surface area contributed by atoms with E-state index < -0.39 is 0 Å². The third-order valence-corrected chi connectivity index (χ3v) is 5.55. The quantitative estimate of drug-likeness (QED) is 0.589. The molecule has 0 atom stereocenters. The van der Waals surface area contributed by atoms with E-state index in [4.69, 9.17) is 9.47 Å². The summed E-state index contributed by atoms with van der Waals surface area (Å²) in [5.41, 5.74) is -0.0447. The van der Waals surface area contributed by atoms with Gasteiger partial charge in [0.2, 0.25) is 0 Å². The molecule has 6 heteroatoms. The summed E-state index contributed by atoms with van der Waals surface area (Å²) < 4.78 is 11.7. The van der Waals surface area contributed by atoms with Crippen LogP contribution in [0.4, 0.5) is 0 Å². The predicted octanol–water partition coefficient (Wildman–Crippen LogP) is 1.85. The Morgan fingerprint density at radius 3 is 0.964 bits per heavy atom. The highest BCUT2D eigenvalue weighted by Crippen LogP contribution is 2.09. The molecule has 28 heavy (non-hydrogen) atoms. The summed E-state index contributed by atoms with van der Waals surface area (Å²) in [5.74, 6) is 0. The molecule has 2 aliphatic rings. The fraction of sp³-hybridized carbons (Fsp3) is 1.00. The Morgan fingerprint density at radius 2 is 0.714 bits per heavy atom. The van der Waals surface area contributed by atoms with Crippen molar-refractivity contribution in [3.05, 3.63) is 0 Å². The van der Waals surface area contributed by atoms with Crippen LogP contribution in [0.2, 0.25) is 0 Å².